The van der Waals surface area contributed by atoms with E-state index < -0.39 is 0 Å². The van der Waals surface area contributed by atoms with E-state index in [2.05, 4.69) is 67.6 Å². The molecule has 0 spiro atoms. The first kappa shape index (κ1) is 15.4. The van der Waals surface area contributed by atoms with Crippen LogP contribution in [0.3, 0.4) is 0 Å². The third-order valence-electron chi connectivity index (χ3n) is 5.89. The minimum Gasteiger partial charge on any atom is -0.396 e. The molecular formula is C23H24O. The average molecular weight is 316 g/mol. The Morgan fingerprint density at radius 1 is 1.04 bits per heavy atom. The predicted molar refractivity (Wildman–Crippen MR) is 100 cm³/mol. The van der Waals surface area contributed by atoms with Crippen molar-refractivity contribution < 1.29 is 5.11 Å². The lowest BCUT2D eigenvalue weighted by Crippen LogP contribution is -2.30. The van der Waals surface area contributed by atoms with E-state index in [1.165, 1.54) is 33.4 Å². The van der Waals surface area contributed by atoms with Gasteiger partial charge in [0.25, 0.3) is 0 Å². The zero-order chi connectivity index (χ0) is 16.6. The number of aliphatic hydroxyl groups is 1. The van der Waals surface area contributed by atoms with E-state index in [0.717, 1.165) is 25.7 Å². The molecule has 0 radical (unpaired) electrons. The van der Waals surface area contributed by atoms with Crippen molar-refractivity contribution >= 4 is 0 Å². The minimum atomic E-state index is -0.0500. The number of rotatable bonds is 5. The third-order valence-corrected chi connectivity index (χ3v) is 5.89. The van der Waals surface area contributed by atoms with Crippen molar-refractivity contribution in [1.29, 1.82) is 0 Å². The SMILES string of the molecule is CCC(CCO)(C1=CC=CC1)c1cccc2c1Cc1ccccc1-2. The Bertz CT molecular complexity index is 828. The van der Waals surface area contributed by atoms with E-state index in [0.29, 0.717) is 0 Å². The quantitative estimate of drug-likeness (QED) is 0.688. The fourth-order valence-electron chi connectivity index (χ4n) is 4.66. The first-order chi connectivity index (χ1) is 11.8. The van der Waals surface area contributed by atoms with Crippen LogP contribution < -0.4 is 0 Å². The lowest BCUT2D eigenvalue weighted by atomic mass is 9.67. The summed E-state index contributed by atoms with van der Waals surface area (Å²) in [5.41, 5.74) is 8.46. The van der Waals surface area contributed by atoms with Gasteiger partial charge in [-0.05, 0) is 53.5 Å². The summed E-state index contributed by atoms with van der Waals surface area (Å²) in [6.07, 6.45) is 10.5. The molecule has 1 atom stereocenters. The van der Waals surface area contributed by atoms with Crippen LogP contribution in [-0.4, -0.2) is 11.7 Å². The van der Waals surface area contributed by atoms with E-state index in [1.807, 2.05) is 0 Å². The summed E-state index contributed by atoms with van der Waals surface area (Å²) in [6.45, 7) is 2.48. The van der Waals surface area contributed by atoms with Crippen molar-refractivity contribution in [2.75, 3.05) is 6.61 Å². The molecule has 0 saturated heterocycles. The predicted octanol–water partition coefficient (Wildman–Crippen LogP) is 5.17. The monoisotopic (exact) mass is 316 g/mol. The van der Waals surface area contributed by atoms with Gasteiger partial charge in [-0.25, -0.2) is 0 Å². The van der Waals surface area contributed by atoms with E-state index in [9.17, 15) is 5.11 Å². The van der Waals surface area contributed by atoms with Crippen LogP contribution in [0.1, 0.15) is 42.9 Å². The van der Waals surface area contributed by atoms with E-state index in [1.54, 1.807) is 0 Å². The highest BCUT2D eigenvalue weighted by Crippen LogP contribution is 2.48. The molecule has 0 saturated carbocycles. The van der Waals surface area contributed by atoms with Gasteiger partial charge in [0.15, 0.2) is 0 Å². The number of aliphatic hydroxyl groups excluding tert-OH is 1. The Kier molecular flexibility index (Phi) is 3.90. The zero-order valence-corrected chi connectivity index (χ0v) is 14.3. The molecule has 4 rings (SSSR count). The molecule has 2 aromatic carbocycles. The fraction of sp³-hybridized carbons (Fsp3) is 0.304. The fourth-order valence-corrected chi connectivity index (χ4v) is 4.66. The van der Waals surface area contributed by atoms with Crippen LogP contribution in [0, 0.1) is 0 Å². The third kappa shape index (κ3) is 2.19. The highest BCUT2D eigenvalue weighted by atomic mass is 16.3. The molecule has 2 aliphatic rings. The second-order valence-electron chi connectivity index (χ2n) is 6.90. The first-order valence-electron chi connectivity index (χ1n) is 8.98. The van der Waals surface area contributed by atoms with E-state index in [-0.39, 0.29) is 12.0 Å². The maximum absolute atomic E-state index is 9.83. The van der Waals surface area contributed by atoms with Gasteiger partial charge < -0.3 is 5.11 Å². The molecular weight excluding hydrogens is 292 g/mol. The van der Waals surface area contributed by atoms with Gasteiger partial charge in [-0.3, -0.25) is 0 Å². The van der Waals surface area contributed by atoms with Crippen molar-refractivity contribution in [3.05, 3.63) is 83.0 Å². The van der Waals surface area contributed by atoms with Gasteiger partial charge in [-0.15, -0.1) is 0 Å². The Morgan fingerprint density at radius 2 is 1.88 bits per heavy atom. The van der Waals surface area contributed by atoms with Crippen molar-refractivity contribution in [1.82, 2.24) is 0 Å². The van der Waals surface area contributed by atoms with Crippen LogP contribution in [-0.2, 0) is 11.8 Å². The molecule has 0 aromatic heterocycles. The van der Waals surface area contributed by atoms with Gasteiger partial charge in [-0.1, -0.05) is 73.2 Å². The lowest BCUT2D eigenvalue weighted by molar-refractivity contribution is 0.247. The van der Waals surface area contributed by atoms with Crippen molar-refractivity contribution in [3.8, 4) is 11.1 Å². The van der Waals surface area contributed by atoms with Crippen molar-refractivity contribution in [2.45, 2.75) is 38.0 Å². The zero-order valence-electron chi connectivity index (χ0n) is 14.3. The Hall–Kier alpha value is -2.12. The number of fused-ring (bicyclic) bond motifs is 3. The van der Waals surface area contributed by atoms with E-state index in [4.69, 9.17) is 0 Å². The molecule has 1 heteroatoms. The Balaban J connectivity index is 1.90. The summed E-state index contributed by atoms with van der Waals surface area (Å²) in [7, 11) is 0. The van der Waals surface area contributed by atoms with Crippen LogP contribution >= 0.6 is 0 Å². The normalized spacial score (nSPS) is 17.3. The van der Waals surface area contributed by atoms with Gasteiger partial charge in [-0.2, -0.15) is 0 Å². The molecule has 0 bridgehead atoms. The number of hydrogen-bond acceptors (Lipinski definition) is 1. The number of hydrogen-bond donors (Lipinski definition) is 1. The highest BCUT2D eigenvalue weighted by Gasteiger charge is 2.37. The van der Waals surface area contributed by atoms with Gasteiger partial charge in [0.05, 0.1) is 0 Å². The molecule has 0 aliphatic heterocycles. The molecule has 1 N–H and O–H groups in total. The van der Waals surface area contributed by atoms with Crippen LogP contribution in [0.4, 0.5) is 0 Å². The van der Waals surface area contributed by atoms with Gasteiger partial charge in [0.1, 0.15) is 0 Å². The van der Waals surface area contributed by atoms with Gasteiger partial charge >= 0.3 is 0 Å². The smallest absolute Gasteiger partial charge is 0.0442 e. The molecule has 0 fully saturated rings. The molecule has 0 heterocycles. The summed E-state index contributed by atoms with van der Waals surface area (Å²) < 4.78 is 0. The summed E-state index contributed by atoms with van der Waals surface area (Å²) in [4.78, 5) is 0. The second kappa shape index (κ2) is 6.07. The lowest BCUT2D eigenvalue weighted by Gasteiger charge is -2.36. The minimum absolute atomic E-state index is 0.0500. The summed E-state index contributed by atoms with van der Waals surface area (Å²) in [5.74, 6) is 0. The number of benzene rings is 2. The van der Waals surface area contributed by atoms with Crippen LogP contribution in [0.2, 0.25) is 0 Å². The molecule has 1 nitrogen and oxygen atoms in total. The summed E-state index contributed by atoms with van der Waals surface area (Å²) in [6, 6.07) is 15.5. The van der Waals surface area contributed by atoms with Gasteiger partial charge in [0, 0.05) is 12.0 Å². The largest absolute Gasteiger partial charge is 0.396 e. The molecule has 0 amide bonds. The summed E-state index contributed by atoms with van der Waals surface area (Å²) >= 11 is 0. The average Bonchev–Trinajstić information content (AvgIpc) is 3.27. The molecule has 2 aromatic rings. The Labute approximate surface area is 144 Å². The first-order valence-corrected chi connectivity index (χ1v) is 8.98. The standard InChI is InChI=1S/C23H24O/c1-2-23(14-15-24,18-9-4-5-10-18)22-13-7-12-20-19-11-6-3-8-17(19)16-21(20)22/h3-9,11-13,24H,2,10,14-16H2,1H3. The Morgan fingerprint density at radius 3 is 2.62 bits per heavy atom. The van der Waals surface area contributed by atoms with Gasteiger partial charge in [0.2, 0.25) is 0 Å². The van der Waals surface area contributed by atoms with Crippen LogP contribution in [0.25, 0.3) is 11.1 Å². The van der Waals surface area contributed by atoms with Crippen molar-refractivity contribution in [3.63, 3.8) is 0 Å². The number of allylic oxidation sites excluding steroid dienone is 4. The van der Waals surface area contributed by atoms with Crippen LogP contribution in [0.5, 0.6) is 0 Å². The molecule has 2 aliphatic carbocycles. The van der Waals surface area contributed by atoms with Crippen LogP contribution in [0.15, 0.2) is 66.3 Å². The van der Waals surface area contributed by atoms with E-state index >= 15 is 0 Å². The maximum atomic E-state index is 9.83. The molecule has 1 unspecified atom stereocenters. The molecule has 24 heavy (non-hydrogen) atoms. The topological polar surface area (TPSA) is 20.2 Å². The maximum Gasteiger partial charge on any atom is 0.0442 e. The molecule has 122 valence electrons. The highest BCUT2D eigenvalue weighted by molar-refractivity contribution is 5.78. The second-order valence-corrected chi connectivity index (χ2v) is 6.90. The van der Waals surface area contributed by atoms with Crippen molar-refractivity contribution in [2.24, 2.45) is 0 Å². The summed E-state index contributed by atoms with van der Waals surface area (Å²) in [5, 5.41) is 9.83.